The minimum absolute atomic E-state index is 0.269. The quantitative estimate of drug-likeness (QED) is 0.896. The van der Waals surface area contributed by atoms with E-state index in [1.54, 1.807) is 0 Å². The van der Waals surface area contributed by atoms with E-state index in [-0.39, 0.29) is 6.04 Å². The van der Waals surface area contributed by atoms with Gasteiger partial charge in [0.2, 0.25) is 0 Å². The molecule has 19 heavy (non-hydrogen) atoms. The summed E-state index contributed by atoms with van der Waals surface area (Å²) < 4.78 is 1.97. The van der Waals surface area contributed by atoms with E-state index in [0.29, 0.717) is 0 Å². The topological polar surface area (TPSA) is 42.7 Å². The van der Waals surface area contributed by atoms with Gasteiger partial charge in [0, 0.05) is 0 Å². The molecule has 0 aliphatic heterocycles. The van der Waals surface area contributed by atoms with Gasteiger partial charge in [-0.3, -0.25) is 0 Å². The molecule has 0 saturated heterocycles. The summed E-state index contributed by atoms with van der Waals surface area (Å²) in [7, 11) is 0. The molecule has 0 aliphatic rings. The van der Waals surface area contributed by atoms with Gasteiger partial charge in [-0.1, -0.05) is 36.8 Å². The van der Waals surface area contributed by atoms with E-state index in [0.717, 1.165) is 24.7 Å². The average Bonchev–Trinajstić information content (AvgIpc) is 2.68. The Labute approximate surface area is 114 Å². The first-order valence-electron chi connectivity index (χ1n) is 6.78. The molecule has 1 unspecified atom stereocenters. The molecule has 4 heteroatoms. The minimum atomic E-state index is 0.269. The van der Waals surface area contributed by atoms with Crippen molar-refractivity contribution in [1.82, 2.24) is 20.1 Å². The number of rotatable bonds is 5. The zero-order valence-corrected chi connectivity index (χ0v) is 12.1. The van der Waals surface area contributed by atoms with Crippen LogP contribution in [0, 0.1) is 20.8 Å². The largest absolute Gasteiger partial charge is 0.309 e. The van der Waals surface area contributed by atoms with E-state index >= 15 is 0 Å². The van der Waals surface area contributed by atoms with Gasteiger partial charge in [0.15, 0.2) is 0 Å². The van der Waals surface area contributed by atoms with Crippen LogP contribution < -0.4 is 5.32 Å². The number of aromatic nitrogens is 3. The molecule has 1 N–H and O–H groups in total. The van der Waals surface area contributed by atoms with Crippen LogP contribution >= 0.6 is 0 Å². The first kappa shape index (κ1) is 13.7. The summed E-state index contributed by atoms with van der Waals surface area (Å²) in [6, 6.07) is 8.94. The lowest BCUT2D eigenvalue weighted by molar-refractivity contribution is 0.440. The molecule has 0 spiro atoms. The van der Waals surface area contributed by atoms with Gasteiger partial charge in [-0.25, -0.2) is 9.67 Å². The number of likely N-dealkylation sites (N-methyl/N-ethyl adjacent to an activating group) is 1. The lowest BCUT2D eigenvalue weighted by Crippen LogP contribution is -2.26. The third-order valence-electron chi connectivity index (χ3n) is 3.25. The molecule has 1 atom stereocenters. The number of nitrogens with zero attached hydrogens (tertiary/aromatic N) is 3. The molecule has 1 aromatic heterocycles. The Balaban J connectivity index is 2.20. The number of benzene rings is 1. The van der Waals surface area contributed by atoms with E-state index in [9.17, 15) is 0 Å². The summed E-state index contributed by atoms with van der Waals surface area (Å²) in [6.07, 6.45) is 0. The third-order valence-corrected chi connectivity index (χ3v) is 3.25. The van der Waals surface area contributed by atoms with Crippen LogP contribution in [0.5, 0.6) is 0 Å². The maximum atomic E-state index is 4.44. The zero-order valence-electron chi connectivity index (χ0n) is 12.1. The number of hydrogen-bond donors (Lipinski definition) is 1. The molecule has 1 heterocycles. The summed E-state index contributed by atoms with van der Waals surface area (Å²) in [4.78, 5) is 4.36. The van der Waals surface area contributed by atoms with Crippen molar-refractivity contribution in [2.24, 2.45) is 0 Å². The van der Waals surface area contributed by atoms with Gasteiger partial charge in [0.1, 0.15) is 11.6 Å². The Morgan fingerprint density at radius 3 is 2.37 bits per heavy atom. The third kappa shape index (κ3) is 3.41. The minimum Gasteiger partial charge on any atom is -0.309 e. The molecule has 0 radical (unpaired) electrons. The highest BCUT2D eigenvalue weighted by Gasteiger charge is 2.13. The van der Waals surface area contributed by atoms with Gasteiger partial charge < -0.3 is 5.32 Å². The van der Waals surface area contributed by atoms with Gasteiger partial charge in [0.05, 0.1) is 12.6 Å². The van der Waals surface area contributed by atoms with Crippen LogP contribution in [0.3, 0.4) is 0 Å². The molecule has 0 amide bonds. The summed E-state index contributed by atoms with van der Waals surface area (Å²) >= 11 is 0. The van der Waals surface area contributed by atoms with E-state index in [1.165, 1.54) is 11.1 Å². The first-order chi connectivity index (χ1) is 9.10. The summed E-state index contributed by atoms with van der Waals surface area (Å²) in [5.74, 6) is 1.80. The first-order valence-corrected chi connectivity index (χ1v) is 6.78. The molecule has 4 nitrogen and oxygen atoms in total. The molecule has 1 aromatic carbocycles. The standard InChI is InChI=1S/C15H22N4/c1-5-16-15(14-8-6-11(2)7-9-14)10-19-13(4)17-12(3)18-19/h6-9,15-16H,5,10H2,1-4H3. The summed E-state index contributed by atoms with van der Waals surface area (Å²) in [5, 5.41) is 7.96. The Morgan fingerprint density at radius 2 is 1.84 bits per heavy atom. The van der Waals surface area contributed by atoms with Crippen molar-refractivity contribution in [3.63, 3.8) is 0 Å². The Kier molecular flexibility index (Phi) is 4.32. The van der Waals surface area contributed by atoms with E-state index in [1.807, 2.05) is 18.5 Å². The lowest BCUT2D eigenvalue weighted by Gasteiger charge is -2.19. The lowest BCUT2D eigenvalue weighted by atomic mass is 10.1. The molecular weight excluding hydrogens is 236 g/mol. The van der Waals surface area contributed by atoms with Crippen LogP contribution in [0.2, 0.25) is 0 Å². The Bertz CT molecular complexity index is 528. The maximum absolute atomic E-state index is 4.44. The second-order valence-electron chi connectivity index (χ2n) is 4.91. The normalized spacial score (nSPS) is 12.6. The van der Waals surface area contributed by atoms with E-state index in [4.69, 9.17) is 0 Å². The van der Waals surface area contributed by atoms with Gasteiger partial charge >= 0.3 is 0 Å². The molecular formula is C15H22N4. The second kappa shape index (κ2) is 5.97. The van der Waals surface area contributed by atoms with Crippen molar-refractivity contribution < 1.29 is 0 Å². The monoisotopic (exact) mass is 258 g/mol. The predicted molar refractivity (Wildman–Crippen MR) is 77.1 cm³/mol. The van der Waals surface area contributed by atoms with Crippen molar-refractivity contribution >= 4 is 0 Å². The predicted octanol–water partition coefficient (Wildman–Crippen LogP) is 2.55. The van der Waals surface area contributed by atoms with Crippen molar-refractivity contribution in [2.75, 3.05) is 6.54 Å². The number of hydrogen-bond acceptors (Lipinski definition) is 3. The van der Waals surface area contributed by atoms with Crippen molar-refractivity contribution in [2.45, 2.75) is 40.3 Å². The fourth-order valence-corrected chi connectivity index (χ4v) is 2.24. The van der Waals surface area contributed by atoms with Crippen LogP contribution in [-0.4, -0.2) is 21.3 Å². The fourth-order valence-electron chi connectivity index (χ4n) is 2.24. The van der Waals surface area contributed by atoms with Crippen LogP contribution in [0.25, 0.3) is 0 Å². The van der Waals surface area contributed by atoms with Crippen LogP contribution in [0.15, 0.2) is 24.3 Å². The van der Waals surface area contributed by atoms with Crippen LogP contribution in [0.1, 0.15) is 35.7 Å². The Morgan fingerprint density at radius 1 is 1.16 bits per heavy atom. The van der Waals surface area contributed by atoms with Gasteiger partial charge in [0.25, 0.3) is 0 Å². The molecule has 0 saturated carbocycles. The second-order valence-corrected chi connectivity index (χ2v) is 4.91. The highest BCUT2D eigenvalue weighted by atomic mass is 15.3. The molecule has 2 aromatic rings. The summed E-state index contributed by atoms with van der Waals surface area (Å²) in [6.45, 7) is 9.90. The van der Waals surface area contributed by atoms with Crippen molar-refractivity contribution in [3.8, 4) is 0 Å². The Hall–Kier alpha value is -1.68. The fraction of sp³-hybridized carbons (Fsp3) is 0.467. The van der Waals surface area contributed by atoms with Crippen LogP contribution in [-0.2, 0) is 6.54 Å². The van der Waals surface area contributed by atoms with E-state index < -0.39 is 0 Å². The highest BCUT2D eigenvalue weighted by molar-refractivity contribution is 5.24. The van der Waals surface area contributed by atoms with Gasteiger partial charge in [-0.15, -0.1) is 0 Å². The zero-order chi connectivity index (χ0) is 13.8. The average molecular weight is 258 g/mol. The maximum Gasteiger partial charge on any atom is 0.147 e. The SMILES string of the molecule is CCNC(Cn1nc(C)nc1C)c1ccc(C)cc1. The molecule has 2 rings (SSSR count). The van der Waals surface area contributed by atoms with Crippen molar-refractivity contribution in [3.05, 3.63) is 47.0 Å². The van der Waals surface area contributed by atoms with E-state index in [2.05, 4.69) is 53.5 Å². The molecule has 102 valence electrons. The highest BCUT2D eigenvalue weighted by Crippen LogP contribution is 2.16. The molecule has 0 aliphatic carbocycles. The number of aryl methyl sites for hydroxylation is 3. The van der Waals surface area contributed by atoms with Crippen molar-refractivity contribution in [1.29, 1.82) is 0 Å². The summed E-state index contributed by atoms with van der Waals surface area (Å²) in [5.41, 5.74) is 2.58. The van der Waals surface area contributed by atoms with Crippen LogP contribution in [0.4, 0.5) is 0 Å². The molecule has 0 fully saturated rings. The van der Waals surface area contributed by atoms with Gasteiger partial charge in [-0.05, 0) is 32.9 Å². The molecule has 0 bridgehead atoms. The number of nitrogens with one attached hydrogen (secondary N) is 1. The van der Waals surface area contributed by atoms with Gasteiger partial charge in [-0.2, -0.15) is 5.10 Å². The smallest absolute Gasteiger partial charge is 0.147 e.